The topological polar surface area (TPSA) is 69.4 Å². The van der Waals surface area contributed by atoms with Crippen LogP contribution in [0.1, 0.15) is 27.4 Å². The lowest BCUT2D eigenvalue weighted by Gasteiger charge is -2.04. The van der Waals surface area contributed by atoms with Crippen LogP contribution in [-0.2, 0) is 11.3 Å². The Hall–Kier alpha value is -3.25. The minimum Gasteiger partial charge on any atom is -0.453 e. The quantitative estimate of drug-likeness (QED) is 0.463. The van der Waals surface area contributed by atoms with Crippen LogP contribution in [0.15, 0.2) is 63.1 Å². The summed E-state index contributed by atoms with van der Waals surface area (Å²) >= 11 is 1.49. The fourth-order valence-corrected chi connectivity index (χ4v) is 3.59. The van der Waals surface area contributed by atoms with E-state index in [1.807, 2.05) is 49.6 Å². The highest BCUT2D eigenvalue weighted by Crippen LogP contribution is 2.24. The summed E-state index contributed by atoms with van der Waals surface area (Å²) in [5, 5.41) is 3.15. The molecule has 2 heterocycles. The van der Waals surface area contributed by atoms with E-state index in [1.165, 1.54) is 23.0 Å². The van der Waals surface area contributed by atoms with Crippen molar-refractivity contribution >= 4 is 28.3 Å². The molecule has 0 saturated heterocycles. The number of carbonyl (C=O) groups is 1. The number of aryl methyl sites for hydroxylation is 2. The summed E-state index contributed by atoms with van der Waals surface area (Å²) in [5.41, 5.74) is 3.88. The highest BCUT2D eigenvalue weighted by atomic mass is 32.1. The zero-order valence-electron chi connectivity index (χ0n) is 15.4. The van der Waals surface area contributed by atoms with Crippen molar-refractivity contribution in [3.63, 3.8) is 0 Å². The van der Waals surface area contributed by atoms with Gasteiger partial charge in [-0.1, -0.05) is 41.5 Å². The lowest BCUT2D eigenvalue weighted by Crippen LogP contribution is -2.10. The molecule has 6 heteroatoms. The molecule has 5 nitrogen and oxygen atoms in total. The van der Waals surface area contributed by atoms with E-state index in [0.717, 1.165) is 16.1 Å². The highest BCUT2D eigenvalue weighted by molar-refractivity contribution is 7.13. The molecule has 2 aromatic carbocycles. The molecule has 0 bridgehead atoms. The molecule has 0 unspecified atom stereocenters. The van der Waals surface area contributed by atoms with Gasteiger partial charge in [-0.05, 0) is 26.0 Å². The lowest BCUT2D eigenvalue weighted by molar-refractivity contribution is 0.0432. The molecular formula is C22H17NO4S. The number of hydrogen-bond acceptors (Lipinski definition) is 6. The number of fused-ring (bicyclic) bond motifs is 1. The second kappa shape index (κ2) is 7.40. The van der Waals surface area contributed by atoms with Gasteiger partial charge in [0.05, 0.1) is 11.1 Å². The summed E-state index contributed by atoms with van der Waals surface area (Å²) in [6.07, 6.45) is 0. The second-order valence-corrected chi connectivity index (χ2v) is 7.42. The van der Waals surface area contributed by atoms with Crippen molar-refractivity contribution in [2.24, 2.45) is 0 Å². The standard InChI is InChI=1S/C22H17NO4S/c1-13-3-6-15(7-4-13)21-23-16(12-28-21)11-26-22(25)20-10-18(24)17-9-14(2)5-8-19(17)27-20/h3-10,12H,11H2,1-2H3. The number of hydrogen-bond donors (Lipinski definition) is 0. The molecule has 0 radical (unpaired) electrons. The first kappa shape index (κ1) is 18.1. The van der Waals surface area contributed by atoms with Crippen molar-refractivity contribution in [2.75, 3.05) is 0 Å². The van der Waals surface area contributed by atoms with Crippen LogP contribution < -0.4 is 5.43 Å². The summed E-state index contributed by atoms with van der Waals surface area (Å²) in [5.74, 6) is -0.806. The fourth-order valence-electron chi connectivity index (χ4n) is 2.78. The van der Waals surface area contributed by atoms with Gasteiger partial charge in [0.15, 0.2) is 5.43 Å². The van der Waals surface area contributed by atoms with E-state index >= 15 is 0 Å². The van der Waals surface area contributed by atoms with E-state index < -0.39 is 5.97 Å². The Morgan fingerprint density at radius 3 is 2.61 bits per heavy atom. The molecular weight excluding hydrogens is 374 g/mol. The Morgan fingerprint density at radius 1 is 1.07 bits per heavy atom. The predicted octanol–water partition coefficient (Wildman–Crippen LogP) is 4.89. The van der Waals surface area contributed by atoms with Crippen molar-refractivity contribution in [1.82, 2.24) is 4.98 Å². The van der Waals surface area contributed by atoms with Crippen molar-refractivity contribution in [1.29, 1.82) is 0 Å². The number of nitrogens with zero attached hydrogens (tertiary/aromatic N) is 1. The zero-order valence-corrected chi connectivity index (χ0v) is 16.2. The molecule has 0 aliphatic heterocycles. The van der Waals surface area contributed by atoms with Gasteiger partial charge in [0, 0.05) is 17.0 Å². The predicted molar refractivity (Wildman–Crippen MR) is 109 cm³/mol. The summed E-state index contributed by atoms with van der Waals surface area (Å²) in [6, 6.07) is 14.5. The summed E-state index contributed by atoms with van der Waals surface area (Å²) in [4.78, 5) is 29.1. The number of rotatable bonds is 4. The Labute approximate surface area is 165 Å². The molecule has 2 aromatic heterocycles. The Bertz CT molecular complexity index is 1220. The molecule has 0 spiro atoms. The SMILES string of the molecule is Cc1ccc(-c2nc(COC(=O)c3cc(=O)c4cc(C)ccc4o3)cs2)cc1. The maximum atomic E-state index is 12.3. The summed E-state index contributed by atoms with van der Waals surface area (Å²) in [6.45, 7) is 3.93. The number of benzene rings is 2. The molecule has 4 rings (SSSR count). The van der Waals surface area contributed by atoms with Crippen LogP contribution in [0.2, 0.25) is 0 Å². The normalized spacial score (nSPS) is 10.9. The van der Waals surface area contributed by atoms with Crippen molar-refractivity contribution in [2.45, 2.75) is 20.5 Å². The van der Waals surface area contributed by atoms with Gasteiger partial charge < -0.3 is 9.15 Å². The van der Waals surface area contributed by atoms with Crippen LogP contribution in [0.4, 0.5) is 0 Å². The van der Waals surface area contributed by atoms with Gasteiger partial charge in [-0.25, -0.2) is 9.78 Å². The molecule has 0 saturated carbocycles. The Kier molecular flexibility index (Phi) is 4.79. The van der Waals surface area contributed by atoms with Crippen molar-refractivity contribution < 1.29 is 13.9 Å². The second-order valence-electron chi connectivity index (χ2n) is 6.56. The van der Waals surface area contributed by atoms with Gasteiger partial charge in [-0.15, -0.1) is 11.3 Å². The first-order valence-electron chi connectivity index (χ1n) is 8.73. The maximum Gasteiger partial charge on any atom is 0.374 e. The monoisotopic (exact) mass is 391 g/mol. The van der Waals surface area contributed by atoms with Gasteiger partial charge in [0.25, 0.3) is 0 Å². The summed E-state index contributed by atoms with van der Waals surface area (Å²) < 4.78 is 10.8. The van der Waals surface area contributed by atoms with E-state index in [1.54, 1.807) is 12.1 Å². The van der Waals surface area contributed by atoms with Crippen molar-refractivity contribution in [3.05, 3.63) is 86.7 Å². The third-order valence-electron chi connectivity index (χ3n) is 4.29. The molecule has 0 fully saturated rings. The molecule has 0 atom stereocenters. The van der Waals surface area contributed by atoms with Crippen LogP contribution in [0.5, 0.6) is 0 Å². The van der Waals surface area contributed by atoms with Gasteiger partial charge in [0.2, 0.25) is 5.76 Å². The number of esters is 1. The third-order valence-corrected chi connectivity index (χ3v) is 5.23. The van der Waals surface area contributed by atoms with Crippen LogP contribution in [0.25, 0.3) is 21.5 Å². The maximum absolute atomic E-state index is 12.3. The molecule has 0 N–H and O–H groups in total. The lowest BCUT2D eigenvalue weighted by atomic mass is 10.1. The molecule has 0 aliphatic rings. The van der Waals surface area contributed by atoms with Gasteiger partial charge in [-0.3, -0.25) is 4.79 Å². The van der Waals surface area contributed by atoms with Gasteiger partial charge >= 0.3 is 5.97 Å². The minimum absolute atomic E-state index is 0.0108. The number of carbonyl (C=O) groups excluding carboxylic acids is 1. The van der Waals surface area contributed by atoms with Crippen LogP contribution in [-0.4, -0.2) is 11.0 Å². The molecule has 28 heavy (non-hydrogen) atoms. The third kappa shape index (κ3) is 3.73. The van der Waals surface area contributed by atoms with E-state index in [4.69, 9.17) is 9.15 Å². The number of ether oxygens (including phenoxy) is 1. The van der Waals surface area contributed by atoms with E-state index in [0.29, 0.717) is 16.7 Å². The molecule has 4 aromatic rings. The smallest absolute Gasteiger partial charge is 0.374 e. The molecule has 0 aliphatic carbocycles. The fraction of sp³-hybridized carbons (Fsp3) is 0.136. The molecule has 0 amide bonds. The zero-order chi connectivity index (χ0) is 19.7. The molecule has 140 valence electrons. The van der Waals surface area contributed by atoms with Crippen LogP contribution in [0.3, 0.4) is 0 Å². The largest absolute Gasteiger partial charge is 0.453 e. The van der Waals surface area contributed by atoms with E-state index in [-0.39, 0.29) is 17.8 Å². The van der Waals surface area contributed by atoms with Crippen LogP contribution >= 0.6 is 11.3 Å². The van der Waals surface area contributed by atoms with E-state index in [9.17, 15) is 9.59 Å². The van der Waals surface area contributed by atoms with E-state index in [2.05, 4.69) is 4.98 Å². The number of aromatic nitrogens is 1. The van der Waals surface area contributed by atoms with Gasteiger partial charge in [-0.2, -0.15) is 0 Å². The Morgan fingerprint density at radius 2 is 1.82 bits per heavy atom. The Balaban J connectivity index is 1.49. The number of thiazole rings is 1. The first-order chi connectivity index (χ1) is 13.5. The van der Waals surface area contributed by atoms with Crippen molar-refractivity contribution in [3.8, 4) is 10.6 Å². The average Bonchev–Trinajstić information content (AvgIpc) is 3.16. The van der Waals surface area contributed by atoms with Crippen LogP contribution in [0, 0.1) is 13.8 Å². The summed E-state index contributed by atoms with van der Waals surface area (Å²) in [7, 11) is 0. The highest BCUT2D eigenvalue weighted by Gasteiger charge is 2.15. The van der Waals surface area contributed by atoms with Gasteiger partial charge in [0.1, 0.15) is 17.2 Å². The minimum atomic E-state index is -0.690. The average molecular weight is 391 g/mol. The first-order valence-corrected chi connectivity index (χ1v) is 9.60.